The normalized spacial score (nSPS) is 24.8. The molecular formula is C16H28O6. The van der Waals surface area contributed by atoms with E-state index in [0.717, 1.165) is 0 Å². The van der Waals surface area contributed by atoms with Gasteiger partial charge in [-0.05, 0) is 34.1 Å². The zero-order valence-corrected chi connectivity index (χ0v) is 14.1. The van der Waals surface area contributed by atoms with Crippen LogP contribution in [-0.4, -0.2) is 54.0 Å². The van der Waals surface area contributed by atoms with E-state index in [9.17, 15) is 9.90 Å². The maximum atomic E-state index is 11.5. The SMILES string of the molecule is C=CC[C@@H](O)[C@H](OC(C)C)[C@H](OC(C)=O)[C@H]1COC(C)(C)O1. The average Bonchev–Trinajstić information content (AvgIpc) is 2.73. The fourth-order valence-corrected chi connectivity index (χ4v) is 2.43. The summed E-state index contributed by atoms with van der Waals surface area (Å²) in [7, 11) is 0. The van der Waals surface area contributed by atoms with Crippen molar-refractivity contribution in [2.45, 2.75) is 77.3 Å². The number of ether oxygens (including phenoxy) is 4. The zero-order chi connectivity index (χ0) is 16.9. The Hall–Kier alpha value is -0.950. The van der Waals surface area contributed by atoms with Crippen molar-refractivity contribution in [1.29, 1.82) is 0 Å². The van der Waals surface area contributed by atoms with Crippen molar-refractivity contribution in [1.82, 2.24) is 0 Å². The fourth-order valence-electron chi connectivity index (χ4n) is 2.43. The summed E-state index contributed by atoms with van der Waals surface area (Å²) in [5.41, 5.74) is 0. The van der Waals surface area contributed by atoms with Gasteiger partial charge < -0.3 is 24.1 Å². The van der Waals surface area contributed by atoms with Gasteiger partial charge in [-0.3, -0.25) is 4.79 Å². The number of esters is 1. The molecule has 0 saturated carbocycles. The molecule has 1 saturated heterocycles. The third-order valence-corrected chi connectivity index (χ3v) is 3.24. The lowest BCUT2D eigenvalue weighted by atomic mass is 10.00. The van der Waals surface area contributed by atoms with Crippen LogP contribution in [0.4, 0.5) is 0 Å². The fraction of sp³-hybridized carbons (Fsp3) is 0.812. The maximum absolute atomic E-state index is 11.5. The first kappa shape index (κ1) is 19.1. The van der Waals surface area contributed by atoms with Gasteiger partial charge in [-0.15, -0.1) is 6.58 Å². The Morgan fingerprint density at radius 3 is 2.55 bits per heavy atom. The summed E-state index contributed by atoms with van der Waals surface area (Å²) in [6.45, 7) is 12.5. The van der Waals surface area contributed by atoms with E-state index >= 15 is 0 Å². The van der Waals surface area contributed by atoms with Crippen molar-refractivity contribution in [2.24, 2.45) is 0 Å². The largest absolute Gasteiger partial charge is 0.457 e. The molecule has 0 aromatic rings. The number of hydrogen-bond donors (Lipinski definition) is 1. The second-order valence-electron chi connectivity index (χ2n) is 6.18. The lowest BCUT2D eigenvalue weighted by Gasteiger charge is -2.34. The van der Waals surface area contributed by atoms with E-state index in [1.807, 2.05) is 13.8 Å². The molecule has 1 N–H and O–H groups in total. The molecule has 1 aliphatic rings. The van der Waals surface area contributed by atoms with Crippen molar-refractivity contribution in [3.05, 3.63) is 12.7 Å². The molecule has 22 heavy (non-hydrogen) atoms. The van der Waals surface area contributed by atoms with Crippen LogP contribution in [0, 0.1) is 0 Å². The molecule has 6 heteroatoms. The maximum Gasteiger partial charge on any atom is 0.303 e. The highest BCUT2D eigenvalue weighted by Crippen LogP contribution is 2.29. The first-order chi connectivity index (χ1) is 10.2. The van der Waals surface area contributed by atoms with Gasteiger partial charge in [-0.1, -0.05) is 6.08 Å². The van der Waals surface area contributed by atoms with E-state index in [0.29, 0.717) is 6.42 Å². The summed E-state index contributed by atoms with van der Waals surface area (Å²) in [4.78, 5) is 11.5. The molecule has 1 fully saturated rings. The molecule has 128 valence electrons. The van der Waals surface area contributed by atoms with E-state index < -0.39 is 36.2 Å². The lowest BCUT2D eigenvalue weighted by molar-refractivity contribution is -0.199. The van der Waals surface area contributed by atoms with E-state index in [4.69, 9.17) is 18.9 Å². The standard InChI is InChI=1S/C16H28O6/c1-7-8-12(18)14(20-10(2)3)15(21-11(4)17)13-9-19-16(5,6)22-13/h7,10,12-15,18H,1,8-9H2,2-6H3/t12-,13-,14+,15-/m1/s1. The van der Waals surface area contributed by atoms with Gasteiger partial charge in [-0.25, -0.2) is 0 Å². The number of hydrogen-bond acceptors (Lipinski definition) is 6. The van der Waals surface area contributed by atoms with Gasteiger partial charge in [0.1, 0.15) is 12.2 Å². The first-order valence-corrected chi connectivity index (χ1v) is 7.59. The number of carbonyl (C=O) groups excluding carboxylic acids is 1. The highest BCUT2D eigenvalue weighted by atomic mass is 16.8. The molecule has 1 heterocycles. The average molecular weight is 316 g/mol. The molecular weight excluding hydrogens is 288 g/mol. The van der Waals surface area contributed by atoms with Crippen LogP contribution in [0.3, 0.4) is 0 Å². The monoisotopic (exact) mass is 316 g/mol. The predicted molar refractivity (Wildman–Crippen MR) is 81.3 cm³/mol. The highest BCUT2D eigenvalue weighted by Gasteiger charge is 2.45. The molecule has 0 aliphatic carbocycles. The molecule has 1 rings (SSSR count). The molecule has 0 aromatic heterocycles. The van der Waals surface area contributed by atoms with Crippen LogP contribution < -0.4 is 0 Å². The summed E-state index contributed by atoms with van der Waals surface area (Å²) in [5, 5.41) is 10.3. The van der Waals surface area contributed by atoms with E-state index in [1.165, 1.54) is 6.92 Å². The summed E-state index contributed by atoms with van der Waals surface area (Å²) in [5.74, 6) is -1.21. The van der Waals surface area contributed by atoms with Gasteiger partial charge in [-0.2, -0.15) is 0 Å². The lowest BCUT2D eigenvalue weighted by Crippen LogP contribution is -2.50. The van der Waals surface area contributed by atoms with Crippen LogP contribution in [0.5, 0.6) is 0 Å². The Morgan fingerprint density at radius 1 is 1.50 bits per heavy atom. The minimum atomic E-state index is -0.850. The third-order valence-electron chi connectivity index (χ3n) is 3.24. The van der Waals surface area contributed by atoms with Crippen LogP contribution in [0.2, 0.25) is 0 Å². The van der Waals surface area contributed by atoms with Gasteiger partial charge in [0.25, 0.3) is 0 Å². The van der Waals surface area contributed by atoms with E-state index in [-0.39, 0.29) is 12.7 Å². The van der Waals surface area contributed by atoms with Crippen molar-refractivity contribution >= 4 is 5.97 Å². The quantitative estimate of drug-likeness (QED) is 0.544. The van der Waals surface area contributed by atoms with Crippen molar-refractivity contribution in [3.63, 3.8) is 0 Å². The Bertz CT molecular complexity index is 379. The van der Waals surface area contributed by atoms with Crippen molar-refractivity contribution in [2.75, 3.05) is 6.61 Å². The summed E-state index contributed by atoms with van der Waals surface area (Å²) in [6.07, 6.45) is -1.04. The summed E-state index contributed by atoms with van der Waals surface area (Å²) < 4.78 is 22.5. The Labute approximate surface area is 132 Å². The van der Waals surface area contributed by atoms with E-state index in [2.05, 4.69) is 6.58 Å². The minimum Gasteiger partial charge on any atom is -0.457 e. The number of aliphatic hydroxyl groups excluding tert-OH is 1. The molecule has 0 radical (unpaired) electrons. The molecule has 1 aliphatic heterocycles. The highest BCUT2D eigenvalue weighted by molar-refractivity contribution is 5.66. The minimum absolute atomic E-state index is 0.141. The Kier molecular flexibility index (Phi) is 6.99. The summed E-state index contributed by atoms with van der Waals surface area (Å²) >= 11 is 0. The Morgan fingerprint density at radius 2 is 2.14 bits per heavy atom. The van der Waals surface area contributed by atoms with Crippen molar-refractivity contribution in [3.8, 4) is 0 Å². The van der Waals surface area contributed by atoms with Crippen LogP contribution in [0.15, 0.2) is 12.7 Å². The van der Waals surface area contributed by atoms with Crippen LogP contribution >= 0.6 is 0 Å². The molecule has 0 bridgehead atoms. The van der Waals surface area contributed by atoms with Crippen LogP contribution in [0.25, 0.3) is 0 Å². The van der Waals surface area contributed by atoms with Gasteiger partial charge in [0.05, 0.1) is 18.8 Å². The van der Waals surface area contributed by atoms with Gasteiger partial charge in [0.15, 0.2) is 11.9 Å². The first-order valence-electron chi connectivity index (χ1n) is 7.59. The molecule has 6 nitrogen and oxygen atoms in total. The number of carbonyl (C=O) groups is 1. The molecule has 4 atom stereocenters. The van der Waals surface area contributed by atoms with Crippen LogP contribution in [-0.2, 0) is 23.7 Å². The second kappa shape index (κ2) is 8.06. The number of aliphatic hydroxyl groups is 1. The molecule has 0 amide bonds. The molecule has 0 unspecified atom stereocenters. The number of rotatable bonds is 8. The van der Waals surface area contributed by atoms with Crippen LogP contribution in [0.1, 0.15) is 41.0 Å². The molecule has 0 spiro atoms. The zero-order valence-electron chi connectivity index (χ0n) is 14.1. The van der Waals surface area contributed by atoms with Gasteiger partial charge in [0.2, 0.25) is 0 Å². The smallest absolute Gasteiger partial charge is 0.303 e. The van der Waals surface area contributed by atoms with Gasteiger partial charge in [0, 0.05) is 6.92 Å². The third kappa shape index (κ3) is 5.68. The van der Waals surface area contributed by atoms with Crippen molar-refractivity contribution < 1.29 is 28.8 Å². The summed E-state index contributed by atoms with van der Waals surface area (Å²) in [6, 6.07) is 0. The topological polar surface area (TPSA) is 74.2 Å². The predicted octanol–water partition coefficient (Wildman–Crippen LogP) is 1.80. The van der Waals surface area contributed by atoms with Gasteiger partial charge >= 0.3 is 5.97 Å². The Balaban J connectivity index is 2.97. The van der Waals surface area contributed by atoms with E-state index in [1.54, 1.807) is 19.9 Å². The molecule has 0 aromatic carbocycles. The second-order valence-corrected chi connectivity index (χ2v) is 6.18.